The highest BCUT2D eigenvalue weighted by atomic mass is 79.9. The zero-order valence-corrected chi connectivity index (χ0v) is 13.4. The van der Waals surface area contributed by atoms with Crippen molar-refractivity contribution in [1.29, 1.82) is 0 Å². The molecule has 1 aliphatic heterocycles. The zero-order chi connectivity index (χ0) is 14.2. The number of nitrogens with one attached hydrogen (secondary N) is 1. The fourth-order valence-corrected chi connectivity index (χ4v) is 3.43. The van der Waals surface area contributed by atoms with Crippen LogP contribution in [0.25, 0.3) is 0 Å². The normalized spacial score (nSPS) is 29.9. The average Bonchev–Trinajstić information content (AvgIpc) is 3.18. The minimum absolute atomic E-state index is 0.0822. The minimum Gasteiger partial charge on any atom is -0.378 e. The molecule has 1 saturated heterocycles. The maximum Gasteiger partial charge on any atom is 0.123 e. The standard InChI is InChI=1S/C16H21BrFNO/c1-11-16(6-7-20-11,10-19-14-3-4-14)9-12-8-13(18)2-5-15(12)17/h2,5,8,11,14,19H,3-4,6-7,9-10H2,1H3. The molecule has 0 spiro atoms. The van der Waals surface area contributed by atoms with Gasteiger partial charge in [-0.1, -0.05) is 15.9 Å². The molecule has 1 saturated carbocycles. The lowest BCUT2D eigenvalue weighted by molar-refractivity contribution is 0.0627. The summed E-state index contributed by atoms with van der Waals surface area (Å²) in [7, 11) is 0. The van der Waals surface area contributed by atoms with Crippen LogP contribution in [0.3, 0.4) is 0 Å². The van der Waals surface area contributed by atoms with Gasteiger partial charge in [0.15, 0.2) is 0 Å². The second-order valence-corrected chi connectivity index (χ2v) is 7.05. The molecule has 0 bridgehead atoms. The Hall–Kier alpha value is -0.450. The third-order valence-electron chi connectivity index (χ3n) is 4.70. The van der Waals surface area contributed by atoms with Gasteiger partial charge in [0.1, 0.15) is 5.82 Å². The molecular weight excluding hydrogens is 321 g/mol. The summed E-state index contributed by atoms with van der Waals surface area (Å²) in [5.41, 5.74) is 1.12. The van der Waals surface area contributed by atoms with E-state index in [1.165, 1.54) is 18.9 Å². The largest absolute Gasteiger partial charge is 0.378 e. The van der Waals surface area contributed by atoms with E-state index in [0.717, 1.165) is 36.0 Å². The van der Waals surface area contributed by atoms with Crippen LogP contribution in [0.2, 0.25) is 0 Å². The smallest absolute Gasteiger partial charge is 0.123 e. The molecule has 20 heavy (non-hydrogen) atoms. The van der Waals surface area contributed by atoms with E-state index in [1.807, 2.05) is 0 Å². The van der Waals surface area contributed by atoms with Crippen LogP contribution >= 0.6 is 15.9 Å². The Morgan fingerprint density at radius 2 is 2.25 bits per heavy atom. The molecule has 1 heterocycles. The third-order valence-corrected chi connectivity index (χ3v) is 5.47. The monoisotopic (exact) mass is 341 g/mol. The van der Waals surface area contributed by atoms with Gasteiger partial charge < -0.3 is 10.1 Å². The summed E-state index contributed by atoms with van der Waals surface area (Å²) < 4.78 is 20.3. The van der Waals surface area contributed by atoms with Crippen LogP contribution in [0.5, 0.6) is 0 Å². The van der Waals surface area contributed by atoms with Gasteiger partial charge in [-0.25, -0.2) is 4.39 Å². The molecule has 2 fully saturated rings. The van der Waals surface area contributed by atoms with Crippen molar-refractivity contribution in [3.63, 3.8) is 0 Å². The number of halogens is 2. The summed E-state index contributed by atoms with van der Waals surface area (Å²) >= 11 is 3.55. The predicted octanol–water partition coefficient (Wildman–Crippen LogP) is 3.68. The summed E-state index contributed by atoms with van der Waals surface area (Å²) in [4.78, 5) is 0. The van der Waals surface area contributed by atoms with E-state index in [9.17, 15) is 4.39 Å². The van der Waals surface area contributed by atoms with Crippen LogP contribution in [0.4, 0.5) is 4.39 Å². The Morgan fingerprint density at radius 1 is 1.45 bits per heavy atom. The van der Waals surface area contributed by atoms with E-state index in [2.05, 4.69) is 28.2 Å². The summed E-state index contributed by atoms with van der Waals surface area (Å²) in [5, 5.41) is 3.64. The molecule has 3 rings (SSSR count). The van der Waals surface area contributed by atoms with Crippen LogP contribution in [0, 0.1) is 11.2 Å². The highest BCUT2D eigenvalue weighted by molar-refractivity contribution is 9.10. The molecule has 2 atom stereocenters. The van der Waals surface area contributed by atoms with Gasteiger partial charge in [-0.2, -0.15) is 0 Å². The quantitative estimate of drug-likeness (QED) is 0.881. The molecule has 1 aromatic carbocycles. The van der Waals surface area contributed by atoms with Crippen molar-refractivity contribution in [2.24, 2.45) is 5.41 Å². The number of rotatable bonds is 5. The number of ether oxygens (including phenoxy) is 1. The van der Waals surface area contributed by atoms with Crippen LogP contribution in [-0.4, -0.2) is 25.3 Å². The van der Waals surface area contributed by atoms with Gasteiger partial charge >= 0.3 is 0 Å². The van der Waals surface area contributed by atoms with Gasteiger partial charge in [0.25, 0.3) is 0 Å². The third kappa shape index (κ3) is 3.07. The lowest BCUT2D eigenvalue weighted by Crippen LogP contribution is -2.42. The molecule has 4 heteroatoms. The van der Waals surface area contributed by atoms with Crippen LogP contribution in [0.1, 0.15) is 31.7 Å². The highest BCUT2D eigenvalue weighted by Crippen LogP contribution is 2.40. The predicted molar refractivity (Wildman–Crippen MR) is 81.3 cm³/mol. The van der Waals surface area contributed by atoms with Gasteiger partial charge in [0.2, 0.25) is 0 Å². The molecule has 1 aliphatic carbocycles. The van der Waals surface area contributed by atoms with Crippen LogP contribution in [0.15, 0.2) is 22.7 Å². The molecule has 110 valence electrons. The van der Waals surface area contributed by atoms with Crippen LogP contribution in [-0.2, 0) is 11.2 Å². The molecule has 2 aliphatic rings. The first-order valence-corrected chi connectivity index (χ1v) is 8.17. The molecule has 2 unspecified atom stereocenters. The average molecular weight is 342 g/mol. The maximum absolute atomic E-state index is 13.5. The fourth-order valence-electron chi connectivity index (χ4n) is 3.04. The first-order chi connectivity index (χ1) is 9.59. The van der Waals surface area contributed by atoms with Crippen molar-refractivity contribution in [2.75, 3.05) is 13.2 Å². The van der Waals surface area contributed by atoms with Crippen molar-refractivity contribution in [3.8, 4) is 0 Å². The number of hydrogen-bond donors (Lipinski definition) is 1. The highest BCUT2D eigenvalue weighted by Gasteiger charge is 2.42. The lowest BCUT2D eigenvalue weighted by Gasteiger charge is -2.33. The molecular formula is C16H21BrFNO. The molecule has 2 nitrogen and oxygen atoms in total. The summed E-state index contributed by atoms with van der Waals surface area (Å²) in [5.74, 6) is -0.167. The summed E-state index contributed by atoms with van der Waals surface area (Å²) in [6, 6.07) is 5.63. The first kappa shape index (κ1) is 14.5. The maximum atomic E-state index is 13.5. The van der Waals surface area contributed by atoms with E-state index in [1.54, 1.807) is 12.1 Å². The van der Waals surface area contributed by atoms with Gasteiger partial charge in [0.05, 0.1) is 6.10 Å². The van der Waals surface area contributed by atoms with E-state index < -0.39 is 0 Å². The topological polar surface area (TPSA) is 21.3 Å². The first-order valence-electron chi connectivity index (χ1n) is 7.38. The Balaban J connectivity index is 1.79. The van der Waals surface area contributed by atoms with Crippen LogP contribution < -0.4 is 5.32 Å². The lowest BCUT2D eigenvalue weighted by atomic mass is 9.76. The van der Waals surface area contributed by atoms with Gasteiger partial charge in [0, 0.05) is 29.1 Å². The second kappa shape index (κ2) is 5.74. The summed E-state index contributed by atoms with van der Waals surface area (Å²) in [6.07, 6.45) is 4.68. The Bertz CT molecular complexity index is 491. The van der Waals surface area contributed by atoms with E-state index >= 15 is 0 Å². The SMILES string of the molecule is CC1OCCC1(CNC1CC1)Cc1cc(F)ccc1Br. The Kier molecular flexibility index (Phi) is 4.16. The fraction of sp³-hybridized carbons (Fsp3) is 0.625. The molecule has 1 N–H and O–H groups in total. The Labute approximate surface area is 128 Å². The zero-order valence-electron chi connectivity index (χ0n) is 11.8. The van der Waals surface area contributed by atoms with Crippen molar-refractivity contribution >= 4 is 15.9 Å². The van der Waals surface area contributed by atoms with Crippen molar-refractivity contribution in [3.05, 3.63) is 34.1 Å². The van der Waals surface area contributed by atoms with E-state index in [4.69, 9.17) is 4.74 Å². The Morgan fingerprint density at radius 3 is 2.90 bits per heavy atom. The van der Waals surface area contributed by atoms with Gasteiger partial charge in [-0.05, 0) is 56.4 Å². The molecule has 0 amide bonds. The number of hydrogen-bond acceptors (Lipinski definition) is 2. The van der Waals surface area contributed by atoms with Crippen molar-refractivity contribution < 1.29 is 9.13 Å². The van der Waals surface area contributed by atoms with Crippen molar-refractivity contribution in [2.45, 2.75) is 44.8 Å². The molecule has 1 aromatic rings. The second-order valence-electron chi connectivity index (χ2n) is 6.19. The van der Waals surface area contributed by atoms with Gasteiger partial charge in [-0.15, -0.1) is 0 Å². The van der Waals surface area contributed by atoms with E-state index in [-0.39, 0.29) is 17.3 Å². The van der Waals surface area contributed by atoms with Crippen molar-refractivity contribution in [1.82, 2.24) is 5.32 Å². The number of benzene rings is 1. The minimum atomic E-state index is -0.167. The molecule has 0 aromatic heterocycles. The summed E-state index contributed by atoms with van der Waals surface area (Å²) in [6.45, 7) is 3.91. The van der Waals surface area contributed by atoms with E-state index in [0.29, 0.717) is 6.04 Å². The molecule has 0 radical (unpaired) electrons. The van der Waals surface area contributed by atoms with Gasteiger partial charge in [-0.3, -0.25) is 0 Å².